The third-order valence-electron chi connectivity index (χ3n) is 3.91. The molecule has 1 aliphatic heterocycles. The Hall–Kier alpha value is -1.31. The number of hydrogen-bond donors (Lipinski definition) is 2. The van der Waals surface area contributed by atoms with Crippen LogP contribution in [0, 0.1) is 0 Å². The predicted molar refractivity (Wildman–Crippen MR) is 113 cm³/mol. The Kier molecular flexibility index (Phi) is 9.92. The maximum absolute atomic E-state index is 12.2. The van der Waals surface area contributed by atoms with Gasteiger partial charge in [-0.1, -0.05) is 21.6 Å². The fourth-order valence-corrected chi connectivity index (χ4v) is 5.88. The monoisotopic (exact) mass is 462 g/mol. The molecule has 160 valence electrons. The average Bonchev–Trinajstić information content (AvgIpc) is 2.90. The second kappa shape index (κ2) is 11.2. The SMILES string of the molecule is [B]C(=O)CCC(C)(C)SSCCC(C(=O)NCCN1C(=O)C=CC1=O)S(=O)(=O)O. The van der Waals surface area contributed by atoms with Crippen LogP contribution >= 0.6 is 21.6 Å². The standard InChI is InChI=1S/C16H23BN2O7S3/c1-16(2,7-5-12(17)20)28-27-10-6-11(29(24,25)26)15(23)18-8-9-19-13(21)3-4-14(19)22/h3-4,11H,5-10H2,1-2H3,(H,18,23)(H,24,25,26). The van der Waals surface area contributed by atoms with Gasteiger partial charge in [-0.3, -0.25) is 23.8 Å². The van der Waals surface area contributed by atoms with E-state index < -0.39 is 38.8 Å². The van der Waals surface area contributed by atoms with Gasteiger partial charge < -0.3 is 10.1 Å². The van der Waals surface area contributed by atoms with Gasteiger partial charge in [0.1, 0.15) is 0 Å². The van der Waals surface area contributed by atoms with Crippen LogP contribution in [0.1, 0.15) is 33.1 Å². The summed E-state index contributed by atoms with van der Waals surface area (Å²) in [5.41, 5.74) is -0.403. The molecule has 1 unspecified atom stereocenters. The van der Waals surface area contributed by atoms with E-state index in [2.05, 4.69) is 5.32 Å². The van der Waals surface area contributed by atoms with Crippen LogP contribution in [0.15, 0.2) is 12.2 Å². The molecule has 2 radical (unpaired) electrons. The Morgan fingerprint density at radius 3 is 2.38 bits per heavy atom. The lowest BCUT2D eigenvalue weighted by Crippen LogP contribution is -2.44. The van der Waals surface area contributed by atoms with Crippen LogP contribution in [0.4, 0.5) is 0 Å². The number of carbonyl (C=O) groups is 4. The number of nitrogens with zero attached hydrogens (tertiary/aromatic N) is 1. The molecule has 1 heterocycles. The normalized spacial score (nSPS) is 15.6. The Balaban J connectivity index is 2.47. The molecule has 1 aliphatic rings. The van der Waals surface area contributed by atoms with Crippen LogP contribution in [0.2, 0.25) is 0 Å². The number of carbonyl (C=O) groups excluding carboxylic acids is 4. The molecule has 0 bridgehead atoms. The summed E-state index contributed by atoms with van der Waals surface area (Å²) in [5, 5.41) is 0.668. The van der Waals surface area contributed by atoms with Crippen molar-refractivity contribution in [3.63, 3.8) is 0 Å². The average molecular weight is 462 g/mol. The molecule has 0 aromatic rings. The van der Waals surface area contributed by atoms with Gasteiger partial charge in [0.15, 0.2) is 13.1 Å². The zero-order valence-electron chi connectivity index (χ0n) is 16.1. The van der Waals surface area contributed by atoms with E-state index in [1.54, 1.807) is 0 Å². The summed E-state index contributed by atoms with van der Waals surface area (Å²) in [6.45, 7) is 3.59. The van der Waals surface area contributed by atoms with Crippen LogP contribution in [0.25, 0.3) is 0 Å². The summed E-state index contributed by atoms with van der Waals surface area (Å²) in [6, 6.07) is 0. The zero-order valence-corrected chi connectivity index (χ0v) is 18.6. The van der Waals surface area contributed by atoms with E-state index in [-0.39, 0.29) is 36.4 Å². The Morgan fingerprint density at radius 2 is 1.86 bits per heavy atom. The van der Waals surface area contributed by atoms with E-state index in [9.17, 15) is 32.1 Å². The van der Waals surface area contributed by atoms with Crippen molar-refractivity contribution in [2.45, 2.75) is 43.1 Å². The van der Waals surface area contributed by atoms with Crippen LogP contribution in [-0.2, 0) is 29.3 Å². The molecule has 0 fully saturated rings. The minimum absolute atomic E-state index is 0.104. The number of hydrogen-bond acceptors (Lipinski definition) is 8. The van der Waals surface area contributed by atoms with Crippen molar-refractivity contribution in [1.82, 2.24) is 10.2 Å². The summed E-state index contributed by atoms with van der Waals surface area (Å²) in [5.74, 6) is -1.67. The van der Waals surface area contributed by atoms with Crippen molar-refractivity contribution in [3.05, 3.63) is 12.2 Å². The van der Waals surface area contributed by atoms with Crippen molar-refractivity contribution < 1.29 is 32.1 Å². The van der Waals surface area contributed by atoms with E-state index >= 15 is 0 Å². The second-order valence-electron chi connectivity index (χ2n) is 6.88. The predicted octanol–water partition coefficient (Wildman–Crippen LogP) is 0.309. The van der Waals surface area contributed by atoms with Gasteiger partial charge in [-0.15, -0.1) is 0 Å². The van der Waals surface area contributed by atoms with Gasteiger partial charge in [-0.05, 0) is 33.1 Å². The minimum atomic E-state index is -4.63. The van der Waals surface area contributed by atoms with Gasteiger partial charge in [-0.2, -0.15) is 8.42 Å². The maximum atomic E-state index is 12.2. The molecule has 29 heavy (non-hydrogen) atoms. The van der Waals surface area contributed by atoms with Crippen LogP contribution < -0.4 is 5.32 Å². The first-order valence-electron chi connectivity index (χ1n) is 8.70. The van der Waals surface area contributed by atoms with Gasteiger partial charge in [0, 0.05) is 35.7 Å². The fourth-order valence-electron chi connectivity index (χ4n) is 2.29. The van der Waals surface area contributed by atoms with E-state index in [1.165, 1.54) is 21.6 Å². The highest BCUT2D eigenvalue weighted by atomic mass is 33.1. The highest BCUT2D eigenvalue weighted by Gasteiger charge is 2.31. The molecule has 0 saturated heterocycles. The quantitative estimate of drug-likeness (QED) is 0.130. The molecule has 0 spiro atoms. The number of nitrogens with one attached hydrogen (secondary N) is 1. The first kappa shape index (κ1) is 25.7. The lowest BCUT2D eigenvalue weighted by atomic mass is 9.94. The first-order valence-corrected chi connectivity index (χ1v) is 12.5. The summed E-state index contributed by atoms with van der Waals surface area (Å²) >= 11 is 0. The van der Waals surface area contributed by atoms with Crippen molar-refractivity contribution in [1.29, 1.82) is 0 Å². The fraction of sp³-hybridized carbons (Fsp3) is 0.625. The van der Waals surface area contributed by atoms with Gasteiger partial charge in [-0.25, -0.2) is 0 Å². The highest BCUT2D eigenvalue weighted by molar-refractivity contribution is 8.77. The topological polar surface area (TPSA) is 138 Å². The molecule has 1 rings (SSSR count). The second-order valence-corrected chi connectivity index (χ2v) is 11.6. The largest absolute Gasteiger partial charge is 0.353 e. The molecule has 2 N–H and O–H groups in total. The Morgan fingerprint density at radius 1 is 1.28 bits per heavy atom. The molecule has 3 amide bonds. The molecule has 0 aromatic heterocycles. The van der Waals surface area contributed by atoms with Crippen molar-refractivity contribution in [2.24, 2.45) is 0 Å². The molecule has 9 nitrogen and oxygen atoms in total. The molecule has 1 atom stereocenters. The van der Waals surface area contributed by atoms with E-state index in [1.807, 2.05) is 13.8 Å². The smallest absolute Gasteiger partial charge is 0.276 e. The van der Waals surface area contributed by atoms with Crippen LogP contribution in [0.5, 0.6) is 0 Å². The zero-order chi connectivity index (χ0) is 22.2. The number of rotatable bonds is 13. The third kappa shape index (κ3) is 9.36. The minimum Gasteiger partial charge on any atom is -0.353 e. The Bertz CT molecular complexity index is 765. The highest BCUT2D eigenvalue weighted by Crippen LogP contribution is 2.39. The summed E-state index contributed by atoms with van der Waals surface area (Å²) in [6.07, 6.45) is 2.85. The lowest BCUT2D eigenvalue weighted by Gasteiger charge is -2.23. The van der Waals surface area contributed by atoms with E-state index in [0.717, 1.165) is 17.1 Å². The number of amides is 3. The maximum Gasteiger partial charge on any atom is 0.276 e. The van der Waals surface area contributed by atoms with Gasteiger partial charge in [0.05, 0.1) is 5.68 Å². The van der Waals surface area contributed by atoms with Crippen molar-refractivity contribution in [2.75, 3.05) is 18.8 Å². The first-order chi connectivity index (χ1) is 13.3. The van der Waals surface area contributed by atoms with Gasteiger partial charge in [0.25, 0.3) is 21.9 Å². The summed E-state index contributed by atoms with van der Waals surface area (Å²) in [7, 11) is 3.26. The van der Waals surface area contributed by atoms with Gasteiger partial charge >= 0.3 is 0 Å². The van der Waals surface area contributed by atoms with E-state index in [0.29, 0.717) is 6.42 Å². The lowest BCUT2D eigenvalue weighted by molar-refractivity contribution is -0.137. The molecule has 0 saturated carbocycles. The Labute approximate surface area is 179 Å². The molecular weight excluding hydrogens is 439 g/mol. The van der Waals surface area contributed by atoms with Crippen LogP contribution in [0.3, 0.4) is 0 Å². The molecule has 0 aliphatic carbocycles. The van der Waals surface area contributed by atoms with Gasteiger partial charge in [0.2, 0.25) is 5.91 Å². The van der Waals surface area contributed by atoms with Crippen molar-refractivity contribution >= 4 is 63.0 Å². The van der Waals surface area contributed by atoms with Crippen LogP contribution in [-0.4, -0.2) is 78.0 Å². The van der Waals surface area contributed by atoms with E-state index in [4.69, 9.17) is 7.85 Å². The third-order valence-corrected chi connectivity index (χ3v) is 8.46. The molecule has 0 aromatic carbocycles. The van der Waals surface area contributed by atoms with Crippen molar-refractivity contribution in [3.8, 4) is 0 Å². The summed E-state index contributed by atoms with van der Waals surface area (Å²) < 4.78 is 32.2. The number of imide groups is 1. The summed E-state index contributed by atoms with van der Waals surface area (Å²) in [4.78, 5) is 46.8. The molecular formula is C16H23BN2O7S3. The molecule has 13 heteroatoms.